The van der Waals surface area contributed by atoms with Crippen LogP contribution in [0, 0.1) is 0 Å². The maximum Gasteiger partial charge on any atom is 0.413 e. The Morgan fingerprint density at radius 2 is 1.94 bits per heavy atom. The molecule has 0 aliphatic carbocycles. The Balaban J connectivity index is 1.49. The van der Waals surface area contributed by atoms with Crippen LogP contribution in [0.5, 0.6) is 11.5 Å². The molecule has 0 spiro atoms. The smallest absolute Gasteiger partial charge is 0.413 e. The largest absolute Gasteiger partial charge is 0.497 e. The van der Waals surface area contributed by atoms with Gasteiger partial charge in [0.05, 0.1) is 32.9 Å². The van der Waals surface area contributed by atoms with E-state index >= 15 is 0 Å². The average molecular weight is 449 g/mol. The van der Waals surface area contributed by atoms with E-state index < -0.39 is 6.09 Å². The number of carbonyl (C=O) groups excluding carboxylic acids is 2. The van der Waals surface area contributed by atoms with Crippen molar-refractivity contribution in [3.63, 3.8) is 0 Å². The maximum absolute atomic E-state index is 12.7. The van der Waals surface area contributed by atoms with Crippen molar-refractivity contribution >= 4 is 28.5 Å². The number of nitrogens with one attached hydrogen (secondary N) is 1. The van der Waals surface area contributed by atoms with Crippen LogP contribution < -0.4 is 14.8 Å². The van der Waals surface area contributed by atoms with E-state index in [4.69, 9.17) is 14.2 Å². The van der Waals surface area contributed by atoms with Crippen LogP contribution in [0.25, 0.3) is 0 Å². The van der Waals surface area contributed by atoms with E-state index in [2.05, 4.69) is 15.2 Å². The minimum Gasteiger partial charge on any atom is -0.497 e. The fraction of sp³-hybridized carbons (Fsp3) is 0.476. The second-order valence-corrected chi connectivity index (χ2v) is 7.86. The normalized spacial score (nSPS) is 14.2. The summed E-state index contributed by atoms with van der Waals surface area (Å²) in [7, 11) is 3.31. The number of hydrogen-bond acceptors (Lipinski definition) is 8. The molecule has 2 aromatic rings. The first-order chi connectivity index (χ1) is 15.0. The Kier molecular flexibility index (Phi) is 8.07. The maximum atomic E-state index is 12.7. The topological polar surface area (TPSA) is 93.2 Å². The van der Waals surface area contributed by atoms with Crippen LogP contribution in [-0.2, 0) is 22.5 Å². The summed E-state index contributed by atoms with van der Waals surface area (Å²) in [6.07, 6.45) is -0.330. The number of aromatic nitrogens is 1. The third-order valence-electron chi connectivity index (χ3n) is 4.98. The average Bonchev–Trinajstić information content (AvgIpc) is 3.20. The Labute approximate surface area is 185 Å². The summed E-state index contributed by atoms with van der Waals surface area (Å²) in [4.78, 5) is 32.6. The van der Waals surface area contributed by atoms with E-state index in [-0.39, 0.29) is 12.3 Å². The van der Waals surface area contributed by atoms with Crippen molar-refractivity contribution in [1.82, 2.24) is 14.8 Å². The van der Waals surface area contributed by atoms with Gasteiger partial charge in [-0.1, -0.05) is 0 Å². The number of benzene rings is 1. The molecule has 0 radical (unpaired) electrons. The van der Waals surface area contributed by atoms with Gasteiger partial charge in [0.2, 0.25) is 5.91 Å². The Bertz CT molecular complexity index is 896. The molecule has 0 unspecified atom stereocenters. The highest BCUT2D eigenvalue weighted by molar-refractivity contribution is 7.13. The summed E-state index contributed by atoms with van der Waals surface area (Å²) in [5.74, 6) is 1.66. The molecular formula is C21H28N4O5S. The van der Waals surface area contributed by atoms with Crippen LogP contribution >= 0.6 is 11.3 Å². The fourth-order valence-electron chi connectivity index (χ4n) is 3.37. The molecule has 1 aromatic heterocycles. The first-order valence-corrected chi connectivity index (χ1v) is 11.0. The van der Waals surface area contributed by atoms with Gasteiger partial charge in [-0.05, 0) is 25.1 Å². The molecule has 0 atom stereocenters. The van der Waals surface area contributed by atoms with Gasteiger partial charge >= 0.3 is 6.09 Å². The number of carbonyl (C=O) groups is 2. The minimum absolute atomic E-state index is 0.0339. The van der Waals surface area contributed by atoms with E-state index in [1.165, 1.54) is 11.3 Å². The molecule has 0 saturated carbocycles. The van der Waals surface area contributed by atoms with Crippen molar-refractivity contribution in [1.29, 1.82) is 0 Å². The molecule has 2 heterocycles. The first-order valence-electron chi connectivity index (χ1n) is 10.1. The highest BCUT2D eigenvalue weighted by Crippen LogP contribution is 2.25. The molecule has 31 heavy (non-hydrogen) atoms. The Morgan fingerprint density at radius 3 is 2.61 bits per heavy atom. The number of piperazine rings is 1. The molecule has 0 bridgehead atoms. The van der Waals surface area contributed by atoms with Gasteiger partial charge in [-0.2, -0.15) is 0 Å². The van der Waals surface area contributed by atoms with Crippen LogP contribution in [0.2, 0.25) is 0 Å². The number of nitrogens with zero attached hydrogens (tertiary/aromatic N) is 3. The molecule has 2 amide bonds. The number of ether oxygens (including phenoxy) is 3. The molecule has 168 valence electrons. The monoisotopic (exact) mass is 448 g/mol. The molecule has 1 N–H and O–H groups in total. The van der Waals surface area contributed by atoms with Crippen LogP contribution in [-0.4, -0.2) is 73.8 Å². The van der Waals surface area contributed by atoms with Gasteiger partial charge in [-0.15, -0.1) is 11.3 Å². The van der Waals surface area contributed by atoms with E-state index in [9.17, 15) is 9.59 Å². The number of anilines is 1. The molecule has 3 rings (SSSR count). The second kappa shape index (κ2) is 11.0. The zero-order valence-electron chi connectivity index (χ0n) is 18.1. The highest BCUT2D eigenvalue weighted by atomic mass is 32.1. The number of amides is 2. The van der Waals surface area contributed by atoms with Crippen molar-refractivity contribution in [2.45, 2.75) is 19.9 Å². The molecule has 9 nitrogen and oxygen atoms in total. The zero-order valence-corrected chi connectivity index (χ0v) is 18.9. The summed E-state index contributed by atoms with van der Waals surface area (Å²) in [6.45, 7) is 5.62. The van der Waals surface area contributed by atoms with Crippen molar-refractivity contribution < 1.29 is 23.8 Å². The van der Waals surface area contributed by atoms with Gasteiger partial charge in [-0.25, -0.2) is 9.78 Å². The lowest BCUT2D eigenvalue weighted by molar-refractivity contribution is -0.132. The Hall–Kier alpha value is -2.85. The van der Waals surface area contributed by atoms with Crippen LogP contribution in [0.15, 0.2) is 23.6 Å². The Morgan fingerprint density at radius 1 is 1.16 bits per heavy atom. The third kappa shape index (κ3) is 6.31. The molecule has 10 heteroatoms. The molecule has 1 aliphatic rings. The number of hydrogen-bond donors (Lipinski definition) is 1. The van der Waals surface area contributed by atoms with Crippen LogP contribution in [0.4, 0.5) is 9.93 Å². The van der Waals surface area contributed by atoms with Crippen molar-refractivity contribution in [2.24, 2.45) is 0 Å². The zero-order chi connectivity index (χ0) is 22.2. The first kappa shape index (κ1) is 22.8. The number of rotatable bonds is 8. The highest BCUT2D eigenvalue weighted by Gasteiger charge is 2.23. The standard InChI is InChI=1S/C21H28N4O5S/c1-4-30-21(27)23-20-22-16(14-31-20)12-19(26)25-9-7-24(8-10-25)13-15-11-17(28-2)5-6-18(15)29-3/h5-6,11,14H,4,7-10,12-13H2,1-3H3,(H,22,23,27). The summed E-state index contributed by atoms with van der Waals surface area (Å²) in [5.41, 5.74) is 1.70. The third-order valence-corrected chi connectivity index (χ3v) is 5.78. The van der Waals surface area contributed by atoms with Gasteiger partial charge in [0.25, 0.3) is 0 Å². The molecular weight excluding hydrogens is 420 g/mol. The lowest BCUT2D eigenvalue weighted by Crippen LogP contribution is -2.48. The lowest BCUT2D eigenvalue weighted by atomic mass is 10.1. The predicted molar refractivity (Wildman–Crippen MR) is 118 cm³/mol. The second-order valence-electron chi connectivity index (χ2n) is 7.00. The summed E-state index contributed by atoms with van der Waals surface area (Å²) in [6, 6.07) is 5.78. The molecule has 1 aromatic carbocycles. The van der Waals surface area contributed by atoms with E-state index in [0.29, 0.717) is 30.5 Å². The lowest BCUT2D eigenvalue weighted by Gasteiger charge is -2.35. The number of thiazole rings is 1. The quantitative estimate of drug-likeness (QED) is 0.663. The van der Waals surface area contributed by atoms with Gasteiger partial charge in [0.1, 0.15) is 11.5 Å². The molecule has 1 aliphatic heterocycles. The molecule has 1 saturated heterocycles. The van der Waals surface area contributed by atoms with E-state index in [1.54, 1.807) is 26.5 Å². The van der Waals surface area contributed by atoms with Crippen molar-refractivity contribution in [3.8, 4) is 11.5 Å². The number of methoxy groups -OCH3 is 2. The van der Waals surface area contributed by atoms with Gasteiger partial charge in [0.15, 0.2) is 5.13 Å². The van der Waals surface area contributed by atoms with Gasteiger partial charge < -0.3 is 19.1 Å². The summed E-state index contributed by atoms with van der Waals surface area (Å²) < 4.78 is 15.6. The molecule has 1 fully saturated rings. The van der Waals surface area contributed by atoms with Gasteiger partial charge in [-0.3, -0.25) is 15.0 Å². The van der Waals surface area contributed by atoms with Crippen molar-refractivity contribution in [2.75, 3.05) is 52.3 Å². The van der Waals surface area contributed by atoms with E-state index in [0.717, 1.165) is 36.7 Å². The minimum atomic E-state index is -0.543. The van der Waals surface area contributed by atoms with Crippen LogP contribution in [0.3, 0.4) is 0 Å². The fourth-order valence-corrected chi connectivity index (χ4v) is 4.06. The van der Waals surface area contributed by atoms with Crippen LogP contribution in [0.1, 0.15) is 18.2 Å². The summed E-state index contributed by atoms with van der Waals surface area (Å²) in [5, 5.41) is 4.77. The van der Waals surface area contributed by atoms with Crippen molar-refractivity contribution in [3.05, 3.63) is 34.8 Å². The van der Waals surface area contributed by atoms with Gasteiger partial charge in [0, 0.05) is 43.7 Å². The SMILES string of the molecule is CCOC(=O)Nc1nc(CC(=O)N2CCN(Cc3cc(OC)ccc3OC)CC2)cs1. The van der Waals surface area contributed by atoms with E-state index in [1.807, 2.05) is 23.1 Å². The predicted octanol–water partition coefficient (Wildman–Crippen LogP) is 2.62. The summed E-state index contributed by atoms with van der Waals surface area (Å²) >= 11 is 1.28.